The Kier molecular flexibility index (Phi) is 5.08. The minimum Gasteiger partial charge on any atom is -0.383 e. The van der Waals surface area contributed by atoms with Gasteiger partial charge in [-0.2, -0.15) is 5.10 Å². The van der Waals surface area contributed by atoms with Crippen molar-refractivity contribution in [1.82, 2.24) is 19.3 Å². The zero-order valence-corrected chi connectivity index (χ0v) is 13.3. The molecule has 1 atom stereocenters. The molecule has 1 N–H and O–H groups in total. The lowest BCUT2D eigenvalue weighted by atomic mass is 10.2. The molecule has 0 saturated carbocycles. The first-order chi connectivity index (χ1) is 10.1. The summed E-state index contributed by atoms with van der Waals surface area (Å²) in [5.41, 5.74) is 0.453. The highest BCUT2D eigenvalue weighted by molar-refractivity contribution is 7.71. The monoisotopic (exact) mass is 308 g/mol. The third-order valence-corrected chi connectivity index (χ3v) is 3.82. The third kappa shape index (κ3) is 3.14. The van der Waals surface area contributed by atoms with Crippen molar-refractivity contribution in [2.24, 2.45) is 0 Å². The molecule has 0 fully saturated rings. The van der Waals surface area contributed by atoms with Crippen molar-refractivity contribution in [3.05, 3.63) is 33.5 Å². The second-order valence-electron chi connectivity index (χ2n) is 4.89. The molecule has 6 nitrogen and oxygen atoms in total. The van der Waals surface area contributed by atoms with Crippen LogP contribution in [-0.4, -0.2) is 33.0 Å². The van der Waals surface area contributed by atoms with Crippen LogP contribution in [0.15, 0.2) is 23.1 Å². The summed E-state index contributed by atoms with van der Waals surface area (Å²) >= 11 is 5.28. The van der Waals surface area contributed by atoms with Gasteiger partial charge in [-0.15, -0.1) is 0 Å². The van der Waals surface area contributed by atoms with Gasteiger partial charge in [0.05, 0.1) is 12.2 Å². The second-order valence-corrected chi connectivity index (χ2v) is 5.28. The predicted molar refractivity (Wildman–Crippen MR) is 84.0 cm³/mol. The summed E-state index contributed by atoms with van der Waals surface area (Å²) in [6.45, 7) is 5.13. The number of pyridine rings is 1. The fourth-order valence-corrected chi connectivity index (χ4v) is 2.47. The van der Waals surface area contributed by atoms with Gasteiger partial charge in [0.25, 0.3) is 5.56 Å². The zero-order valence-electron chi connectivity index (χ0n) is 12.5. The standard InChI is InChI=1S/C14H20N4O2S/c1-4-10(2)18-12(15-16-14(18)21)11-6-5-7-17(13(11)19)8-9-20-3/h5-7,10H,4,8-9H2,1-3H3,(H,16,21). The molecule has 0 aliphatic heterocycles. The van der Waals surface area contributed by atoms with Gasteiger partial charge in [-0.05, 0) is 37.7 Å². The summed E-state index contributed by atoms with van der Waals surface area (Å²) in [5, 5.41) is 7.02. The minimum absolute atomic E-state index is 0.0897. The molecule has 2 aromatic heterocycles. The molecule has 0 aromatic carbocycles. The molecule has 0 saturated heterocycles. The lowest BCUT2D eigenvalue weighted by molar-refractivity contribution is 0.186. The molecule has 0 bridgehead atoms. The highest BCUT2D eigenvalue weighted by Gasteiger charge is 2.16. The molecule has 1 unspecified atom stereocenters. The van der Waals surface area contributed by atoms with Crippen LogP contribution in [0.5, 0.6) is 0 Å². The Hall–Kier alpha value is -1.73. The van der Waals surface area contributed by atoms with E-state index in [0.717, 1.165) is 6.42 Å². The Morgan fingerprint density at radius 3 is 2.95 bits per heavy atom. The molecular formula is C14H20N4O2S. The molecule has 2 rings (SSSR count). The van der Waals surface area contributed by atoms with E-state index in [4.69, 9.17) is 17.0 Å². The van der Waals surface area contributed by atoms with Gasteiger partial charge in [-0.3, -0.25) is 14.5 Å². The molecule has 0 radical (unpaired) electrons. The highest BCUT2D eigenvalue weighted by Crippen LogP contribution is 2.20. The number of aromatic amines is 1. The first-order valence-electron chi connectivity index (χ1n) is 6.95. The van der Waals surface area contributed by atoms with E-state index in [1.165, 1.54) is 0 Å². The Labute approximate surface area is 128 Å². The maximum atomic E-state index is 12.6. The molecule has 0 aliphatic rings. The molecule has 0 aliphatic carbocycles. The van der Waals surface area contributed by atoms with Crippen LogP contribution >= 0.6 is 12.2 Å². The van der Waals surface area contributed by atoms with E-state index in [2.05, 4.69) is 24.0 Å². The van der Waals surface area contributed by atoms with Crippen molar-refractivity contribution in [1.29, 1.82) is 0 Å². The first-order valence-corrected chi connectivity index (χ1v) is 7.36. The van der Waals surface area contributed by atoms with Crippen LogP contribution in [0, 0.1) is 4.77 Å². The summed E-state index contributed by atoms with van der Waals surface area (Å²) in [7, 11) is 1.61. The van der Waals surface area contributed by atoms with Crippen molar-refractivity contribution < 1.29 is 4.74 Å². The molecule has 21 heavy (non-hydrogen) atoms. The predicted octanol–water partition coefficient (Wildman–Crippen LogP) is 2.39. The van der Waals surface area contributed by atoms with Gasteiger partial charge in [0.2, 0.25) is 0 Å². The van der Waals surface area contributed by atoms with Gasteiger partial charge >= 0.3 is 0 Å². The van der Waals surface area contributed by atoms with E-state index in [-0.39, 0.29) is 11.6 Å². The molecule has 0 amide bonds. The number of H-pyrrole nitrogens is 1. The van der Waals surface area contributed by atoms with Crippen molar-refractivity contribution in [2.45, 2.75) is 32.9 Å². The lowest BCUT2D eigenvalue weighted by Gasteiger charge is -2.14. The number of hydrogen-bond acceptors (Lipinski definition) is 4. The Bertz CT molecular complexity index is 716. The van der Waals surface area contributed by atoms with E-state index in [0.29, 0.717) is 29.3 Å². The number of ether oxygens (including phenoxy) is 1. The lowest BCUT2D eigenvalue weighted by Crippen LogP contribution is -2.24. The first kappa shape index (κ1) is 15.7. The average molecular weight is 308 g/mol. The molecule has 0 spiro atoms. The van der Waals surface area contributed by atoms with Gasteiger partial charge in [0.1, 0.15) is 0 Å². The zero-order chi connectivity index (χ0) is 15.4. The smallest absolute Gasteiger partial charge is 0.261 e. The number of nitrogens with zero attached hydrogens (tertiary/aromatic N) is 3. The number of methoxy groups -OCH3 is 1. The van der Waals surface area contributed by atoms with E-state index in [1.807, 2.05) is 10.6 Å². The van der Waals surface area contributed by atoms with Gasteiger partial charge in [-0.1, -0.05) is 6.92 Å². The van der Waals surface area contributed by atoms with Crippen LogP contribution < -0.4 is 5.56 Å². The largest absolute Gasteiger partial charge is 0.383 e. The maximum absolute atomic E-state index is 12.6. The molecular weight excluding hydrogens is 288 g/mol. The molecule has 2 aromatic rings. The van der Waals surface area contributed by atoms with Gasteiger partial charge in [-0.25, -0.2) is 0 Å². The van der Waals surface area contributed by atoms with Crippen molar-refractivity contribution in [3.63, 3.8) is 0 Å². The quantitative estimate of drug-likeness (QED) is 0.832. The summed E-state index contributed by atoms with van der Waals surface area (Å²) in [6.07, 6.45) is 2.66. The van der Waals surface area contributed by atoms with Crippen molar-refractivity contribution in [2.75, 3.05) is 13.7 Å². The summed E-state index contributed by atoms with van der Waals surface area (Å²) in [6, 6.07) is 3.79. The fraction of sp³-hybridized carbons (Fsp3) is 0.500. The Balaban J connectivity index is 2.53. The van der Waals surface area contributed by atoms with Crippen LogP contribution in [0.4, 0.5) is 0 Å². The van der Waals surface area contributed by atoms with Crippen LogP contribution in [0.3, 0.4) is 0 Å². The summed E-state index contributed by atoms with van der Waals surface area (Å²) < 4.78 is 9.08. The Morgan fingerprint density at radius 1 is 1.52 bits per heavy atom. The highest BCUT2D eigenvalue weighted by atomic mass is 32.1. The van der Waals surface area contributed by atoms with E-state index in [1.54, 1.807) is 23.9 Å². The summed E-state index contributed by atoms with van der Waals surface area (Å²) in [5.74, 6) is 0.589. The number of rotatable bonds is 6. The van der Waals surface area contributed by atoms with Gasteiger partial charge in [0.15, 0.2) is 10.6 Å². The Morgan fingerprint density at radius 2 is 2.29 bits per heavy atom. The van der Waals surface area contributed by atoms with E-state index in [9.17, 15) is 4.79 Å². The van der Waals surface area contributed by atoms with Crippen LogP contribution in [0.1, 0.15) is 26.3 Å². The van der Waals surface area contributed by atoms with Crippen molar-refractivity contribution >= 4 is 12.2 Å². The average Bonchev–Trinajstić information content (AvgIpc) is 2.87. The normalized spacial score (nSPS) is 12.5. The van der Waals surface area contributed by atoms with Crippen molar-refractivity contribution in [3.8, 4) is 11.4 Å². The summed E-state index contributed by atoms with van der Waals surface area (Å²) in [4.78, 5) is 12.6. The number of aromatic nitrogens is 4. The number of nitrogens with one attached hydrogen (secondary N) is 1. The van der Waals surface area contributed by atoms with Gasteiger partial charge in [0, 0.05) is 25.9 Å². The maximum Gasteiger partial charge on any atom is 0.261 e. The second kappa shape index (κ2) is 6.82. The third-order valence-electron chi connectivity index (χ3n) is 3.53. The minimum atomic E-state index is -0.0897. The van der Waals surface area contributed by atoms with E-state index < -0.39 is 0 Å². The molecule has 2 heterocycles. The number of hydrogen-bond donors (Lipinski definition) is 1. The SMILES string of the molecule is CCC(C)n1c(-c2cccn(CCOC)c2=O)n[nH]c1=S. The topological polar surface area (TPSA) is 64.8 Å². The molecule has 7 heteroatoms. The van der Waals surface area contributed by atoms with Crippen LogP contribution in [0.2, 0.25) is 0 Å². The van der Waals surface area contributed by atoms with Crippen LogP contribution in [-0.2, 0) is 11.3 Å². The van der Waals surface area contributed by atoms with Crippen LogP contribution in [0.25, 0.3) is 11.4 Å². The fourth-order valence-electron chi connectivity index (χ4n) is 2.16. The molecule has 114 valence electrons. The van der Waals surface area contributed by atoms with Gasteiger partial charge < -0.3 is 9.30 Å². The van der Waals surface area contributed by atoms with E-state index >= 15 is 0 Å².